The zero-order valence-electron chi connectivity index (χ0n) is 16.5. The summed E-state index contributed by atoms with van der Waals surface area (Å²) in [5.74, 6) is 1.37. The van der Waals surface area contributed by atoms with Crippen LogP contribution in [-0.2, 0) is 11.3 Å². The fourth-order valence-corrected chi connectivity index (χ4v) is 3.37. The first-order valence-electron chi connectivity index (χ1n) is 9.47. The molecule has 0 aliphatic carbocycles. The molecule has 2 aliphatic heterocycles. The number of nitrogens with one attached hydrogen (secondary N) is 1. The molecule has 1 aromatic carbocycles. The maximum Gasteiger partial charge on any atom is 0.328 e. The molecule has 2 fully saturated rings. The second kappa shape index (κ2) is 9.61. The van der Waals surface area contributed by atoms with Gasteiger partial charge in [-0.05, 0) is 18.2 Å². The van der Waals surface area contributed by atoms with Crippen LogP contribution in [-0.4, -0.2) is 93.5 Å². The van der Waals surface area contributed by atoms with E-state index in [-0.39, 0.29) is 12.1 Å². The summed E-state index contributed by atoms with van der Waals surface area (Å²) in [5.41, 5.74) is 0.830. The third-order valence-electron chi connectivity index (χ3n) is 5.00. The molecular weight excluding hydrogens is 364 g/mol. The van der Waals surface area contributed by atoms with Gasteiger partial charge in [0, 0.05) is 44.8 Å². The van der Waals surface area contributed by atoms with E-state index in [9.17, 15) is 9.59 Å². The predicted octanol–water partition coefficient (Wildman–Crippen LogP) is 0.983. The fraction of sp³-hybridized carbons (Fsp3) is 0.579. The van der Waals surface area contributed by atoms with E-state index in [1.165, 1.54) is 4.90 Å². The molecule has 9 heteroatoms. The van der Waals surface area contributed by atoms with Crippen molar-refractivity contribution < 1.29 is 23.8 Å². The lowest BCUT2D eigenvalue weighted by Crippen LogP contribution is -2.48. The van der Waals surface area contributed by atoms with Gasteiger partial charge >= 0.3 is 12.1 Å². The molecule has 0 atom stereocenters. The Bertz CT molecular complexity index is 693. The third kappa shape index (κ3) is 4.85. The number of carbonyl (C=O) groups excluding carboxylic acids is 2. The van der Waals surface area contributed by atoms with Gasteiger partial charge in [0.15, 0.2) is 0 Å². The van der Waals surface area contributed by atoms with E-state index in [2.05, 4.69) is 10.2 Å². The van der Waals surface area contributed by atoms with Crippen LogP contribution in [0.1, 0.15) is 5.56 Å². The van der Waals surface area contributed by atoms with Gasteiger partial charge in [0.25, 0.3) is 0 Å². The average molecular weight is 392 g/mol. The molecule has 4 amide bonds. The molecule has 9 nitrogen and oxygen atoms in total. The highest BCUT2D eigenvalue weighted by Crippen LogP contribution is 2.26. The molecule has 1 aromatic rings. The molecule has 1 N–H and O–H groups in total. The summed E-state index contributed by atoms with van der Waals surface area (Å²) >= 11 is 0. The van der Waals surface area contributed by atoms with E-state index in [1.54, 1.807) is 19.1 Å². The van der Waals surface area contributed by atoms with Gasteiger partial charge in [0.05, 0.1) is 34.0 Å². The first-order chi connectivity index (χ1) is 13.6. The van der Waals surface area contributed by atoms with E-state index in [1.807, 2.05) is 18.2 Å². The standard InChI is InChI=1S/C19H28N4O5/c1-26-16-3-4-17(27-2)15(13-16)14-22(8-7-21-9-11-28-12-10-21)19(25)23-6-5-20-18(23)24/h3-4,13H,5-12,14H2,1-2H3,(H,20,24). The Morgan fingerprint density at radius 3 is 2.64 bits per heavy atom. The van der Waals surface area contributed by atoms with Gasteiger partial charge in [0.1, 0.15) is 11.5 Å². The topological polar surface area (TPSA) is 83.6 Å². The Hall–Kier alpha value is -2.52. The largest absolute Gasteiger partial charge is 0.497 e. The fourth-order valence-electron chi connectivity index (χ4n) is 3.37. The molecule has 2 aliphatic rings. The summed E-state index contributed by atoms with van der Waals surface area (Å²) in [6.07, 6.45) is 0. The second-order valence-electron chi connectivity index (χ2n) is 6.72. The smallest absolute Gasteiger partial charge is 0.328 e. The Labute approximate surface area is 165 Å². The number of urea groups is 2. The molecule has 0 radical (unpaired) electrons. The number of benzene rings is 1. The van der Waals surface area contributed by atoms with Crippen LogP contribution in [0.4, 0.5) is 9.59 Å². The maximum atomic E-state index is 13.1. The number of carbonyl (C=O) groups is 2. The minimum Gasteiger partial charge on any atom is -0.497 e. The summed E-state index contributed by atoms with van der Waals surface area (Å²) in [6, 6.07) is 4.85. The van der Waals surface area contributed by atoms with Gasteiger partial charge in [-0.25, -0.2) is 14.5 Å². The molecule has 2 saturated heterocycles. The minimum absolute atomic E-state index is 0.298. The zero-order valence-corrected chi connectivity index (χ0v) is 16.5. The lowest BCUT2D eigenvalue weighted by atomic mass is 10.1. The number of ether oxygens (including phenoxy) is 3. The monoisotopic (exact) mass is 392 g/mol. The molecule has 0 bridgehead atoms. The van der Waals surface area contributed by atoms with Crippen molar-refractivity contribution >= 4 is 12.1 Å². The number of methoxy groups -OCH3 is 2. The Balaban J connectivity index is 1.76. The molecular formula is C19H28N4O5. The van der Waals surface area contributed by atoms with E-state index >= 15 is 0 Å². The number of imide groups is 1. The summed E-state index contributed by atoms with van der Waals surface area (Å²) in [4.78, 5) is 30.3. The lowest BCUT2D eigenvalue weighted by molar-refractivity contribution is 0.0341. The number of nitrogens with zero attached hydrogens (tertiary/aromatic N) is 3. The first kappa shape index (κ1) is 20.2. The summed E-state index contributed by atoms with van der Waals surface area (Å²) < 4.78 is 16.2. The van der Waals surface area contributed by atoms with Crippen molar-refractivity contribution in [3.8, 4) is 11.5 Å². The number of morpholine rings is 1. The third-order valence-corrected chi connectivity index (χ3v) is 5.00. The molecule has 154 valence electrons. The van der Waals surface area contributed by atoms with Crippen LogP contribution in [0, 0.1) is 0 Å². The van der Waals surface area contributed by atoms with Crippen LogP contribution in [0.5, 0.6) is 11.5 Å². The van der Waals surface area contributed by atoms with Gasteiger partial charge in [-0.2, -0.15) is 0 Å². The number of amides is 4. The van der Waals surface area contributed by atoms with Gasteiger partial charge < -0.3 is 24.4 Å². The van der Waals surface area contributed by atoms with E-state index in [0.717, 1.165) is 25.2 Å². The maximum absolute atomic E-state index is 13.1. The number of hydrogen-bond donors (Lipinski definition) is 1. The molecule has 0 saturated carbocycles. The van der Waals surface area contributed by atoms with Crippen molar-refractivity contribution in [3.63, 3.8) is 0 Å². The van der Waals surface area contributed by atoms with Crippen molar-refractivity contribution in [1.82, 2.24) is 20.0 Å². The Kier molecular flexibility index (Phi) is 6.94. The SMILES string of the molecule is COc1ccc(OC)c(CN(CCN2CCOCC2)C(=O)N2CCNC2=O)c1. The van der Waals surface area contributed by atoms with Crippen molar-refractivity contribution in [2.75, 3.05) is 66.7 Å². The van der Waals surface area contributed by atoms with Gasteiger partial charge in [-0.15, -0.1) is 0 Å². The van der Waals surface area contributed by atoms with Crippen molar-refractivity contribution in [3.05, 3.63) is 23.8 Å². The van der Waals surface area contributed by atoms with E-state index < -0.39 is 0 Å². The van der Waals surface area contributed by atoms with Crippen LogP contribution in [0.2, 0.25) is 0 Å². The number of rotatable bonds is 7. The van der Waals surface area contributed by atoms with Crippen LogP contribution in [0.15, 0.2) is 18.2 Å². The van der Waals surface area contributed by atoms with E-state index in [4.69, 9.17) is 14.2 Å². The Morgan fingerprint density at radius 1 is 1.21 bits per heavy atom. The minimum atomic E-state index is -0.348. The van der Waals surface area contributed by atoms with Gasteiger partial charge in [-0.1, -0.05) is 0 Å². The van der Waals surface area contributed by atoms with Crippen LogP contribution >= 0.6 is 0 Å². The quantitative estimate of drug-likeness (QED) is 0.745. The molecule has 0 unspecified atom stereocenters. The molecule has 3 rings (SSSR count). The molecule has 0 aromatic heterocycles. The average Bonchev–Trinajstić information content (AvgIpc) is 3.17. The lowest BCUT2D eigenvalue weighted by Gasteiger charge is -2.31. The van der Waals surface area contributed by atoms with E-state index in [0.29, 0.717) is 50.9 Å². The molecule has 2 heterocycles. The highest BCUT2D eigenvalue weighted by atomic mass is 16.5. The van der Waals surface area contributed by atoms with Crippen molar-refractivity contribution in [2.24, 2.45) is 0 Å². The number of hydrogen-bond acceptors (Lipinski definition) is 6. The molecule has 28 heavy (non-hydrogen) atoms. The normalized spacial score (nSPS) is 17.4. The van der Waals surface area contributed by atoms with Crippen LogP contribution < -0.4 is 14.8 Å². The summed E-state index contributed by atoms with van der Waals surface area (Å²) in [6.45, 7) is 5.49. The first-order valence-corrected chi connectivity index (χ1v) is 9.47. The highest BCUT2D eigenvalue weighted by Gasteiger charge is 2.31. The second-order valence-corrected chi connectivity index (χ2v) is 6.72. The van der Waals surface area contributed by atoms with Crippen molar-refractivity contribution in [1.29, 1.82) is 0 Å². The summed E-state index contributed by atoms with van der Waals surface area (Å²) in [7, 11) is 3.20. The van der Waals surface area contributed by atoms with Crippen LogP contribution in [0.25, 0.3) is 0 Å². The summed E-state index contributed by atoms with van der Waals surface area (Å²) in [5, 5.41) is 2.68. The van der Waals surface area contributed by atoms with Gasteiger partial charge in [-0.3, -0.25) is 4.90 Å². The van der Waals surface area contributed by atoms with Gasteiger partial charge in [0.2, 0.25) is 0 Å². The van der Waals surface area contributed by atoms with Crippen LogP contribution in [0.3, 0.4) is 0 Å². The Morgan fingerprint density at radius 2 is 2.00 bits per heavy atom. The highest BCUT2D eigenvalue weighted by molar-refractivity contribution is 5.95. The molecule has 0 spiro atoms. The zero-order chi connectivity index (χ0) is 19.9. The van der Waals surface area contributed by atoms with Crippen molar-refractivity contribution in [2.45, 2.75) is 6.54 Å². The predicted molar refractivity (Wildman–Crippen MR) is 103 cm³/mol.